The molecule has 3 aromatic carbocycles. The van der Waals surface area contributed by atoms with Gasteiger partial charge in [0.15, 0.2) is 5.78 Å². The van der Waals surface area contributed by atoms with Gasteiger partial charge in [0.2, 0.25) is 0 Å². The number of ether oxygens (including phenoxy) is 1. The molecule has 2 unspecified atom stereocenters. The Balaban J connectivity index is 1.53. The molecule has 168 valence electrons. The van der Waals surface area contributed by atoms with Crippen LogP contribution in [0.2, 0.25) is 0 Å². The third-order valence-electron chi connectivity index (χ3n) is 6.98. The van der Waals surface area contributed by atoms with Crippen molar-refractivity contribution in [2.45, 2.75) is 31.7 Å². The van der Waals surface area contributed by atoms with Gasteiger partial charge in [-0.2, -0.15) is 0 Å². The molecule has 4 nitrogen and oxygen atoms in total. The predicted octanol–water partition coefficient (Wildman–Crippen LogP) is 6.70. The topological polar surface area (TPSA) is 51.2 Å². The van der Waals surface area contributed by atoms with Gasteiger partial charge in [0, 0.05) is 34.8 Å². The fraction of sp³-hybridized carbons (Fsp3) is 0.200. The lowest BCUT2D eigenvalue weighted by molar-refractivity contribution is -0.116. The molecular weight excluding hydrogens is 420 g/mol. The molecule has 6 rings (SSSR count). The van der Waals surface area contributed by atoms with E-state index in [1.165, 1.54) is 5.56 Å². The van der Waals surface area contributed by atoms with Gasteiger partial charge in [-0.15, -0.1) is 0 Å². The number of hydrogen-bond donors (Lipinski definition) is 1. The first kappa shape index (κ1) is 20.7. The summed E-state index contributed by atoms with van der Waals surface area (Å²) < 4.78 is 5.64. The number of carbonyl (C=O) groups excluding carboxylic acids is 1. The molecule has 4 heteroatoms. The zero-order valence-electron chi connectivity index (χ0n) is 19.1. The molecule has 0 saturated carbocycles. The second-order valence-electron chi connectivity index (χ2n) is 8.97. The molecule has 0 spiro atoms. The van der Waals surface area contributed by atoms with Crippen LogP contribution >= 0.6 is 0 Å². The number of fused-ring (bicyclic) bond motifs is 4. The Morgan fingerprint density at radius 2 is 1.74 bits per heavy atom. The molecule has 34 heavy (non-hydrogen) atoms. The van der Waals surface area contributed by atoms with Crippen molar-refractivity contribution in [1.29, 1.82) is 0 Å². The van der Waals surface area contributed by atoms with Gasteiger partial charge >= 0.3 is 0 Å². The maximum atomic E-state index is 13.8. The highest BCUT2D eigenvalue weighted by atomic mass is 16.5. The number of nitrogens with zero attached hydrogens (tertiary/aromatic N) is 1. The smallest absolute Gasteiger partial charge is 0.162 e. The minimum Gasteiger partial charge on any atom is -0.494 e. The normalized spacial score (nSPS) is 19.4. The van der Waals surface area contributed by atoms with Crippen molar-refractivity contribution in [2.24, 2.45) is 0 Å². The molecule has 0 saturated heterocycles. The van der Waals surface area contributed by atoms with E-state index in [2.05, 4.69) is 64.9 Å². The van der Waals surface area contributed by atoms with Crippen LogP contribution in [0.3, 0.4) is 0 Å². The van der Waals surface area contributed by atoms with Crippen molar-refractivity contribution in [3.63, 3.8) is 0 Å². The number of aromatic nitrogens is 1. The molecule has 1 aliphatic heterocycles. The van der Waals surface area contributed by atoms with Gasteiger partial charge < -0.3 is 10.1 Å². The molecule has 0 fully saturated rings. The van der Waals surface area contributed by atoms with Crippen molar-refractivity contribution < 1.29 is 9.53 Å². The van der Waals surface area contributed by atoms with E-state index in [1.54, 1.807) is 0 Å². The lowest BCUT2D eigenvalue weighted by Crippen LogP contribution is -2.29. The highest BCUT2D eigenvalue weighted by Gasteiger charge is 2.38. The number of pyridine rings is 1. The van der Waals surface area contributed by atoms with Crippen LogP contribution < -0.4 is 10.1 Å². The maximum Gasteiger partial charge on any atom is 0.162 e. The summed E-state index contributed by atoms with van der Waals surface area (Å²) in [6.07, 6.45) is 3.18. The van der Waals surface area contributed by atoms with E-state index in [4.69, 9.17) is 4.74 Å². The average Bonchev–Trinajstić information content (AvgIpc) is 2.89. The molecule has 2 atom stereocenters. The molecule has 0 radical (unpaired) electrons. The van der Waals surface area contributed by atoms with Gasteiger partial charge in [-0.3, -0.25) is 9.78 Å². The maximum absolute atomic E-state index is 13.8. The number of ketones is 1. The van der Waals surface area contributed by atoms with Gasteiger partial charge in [-0.1, -0.05) is 48.5 Å². The molecule has 1 N–H and O–H groups in total. The number of anilines is 1. The molecule has 1 aromatic heterocycles. The monoisotopic (exact) mass is 446 g/mol. The lowest BCUT2D eigenvalue weighted by Gasteiger charge is -2.37. The number of hydrogen-bond acceptors (Lipinski definition) is 4. The number of rotatable bonds is 4. The van der Waals surface area contributed by atoms with Crippen molar-refractivity contribution >= 4 is 27.9 Å². The van der Waals surface area contributed by atoms with Crippen LogP contribution in [0.15, 0.2) is 90.6 Å². The fourth-order valence-electron chi connectivity index (χ4n) is 5.46. The predicted molar refractivity (Wildman–Crippen MR) is 136 cm³/mol. The Morgan fingerprint density at radius 3 is 2.53 bits per heavy atom. The first-order valence-corrected chi connectivity index (χ1v) is 11.9. The third-order valence-corrected chi connectivity index (χ3v) is 6.98. The van der Waals surface area contributed by atoms with Crippen LogP contribution in [0.4, 0.5) is 5.69 Å². The molecular formula is C30H26N2O2. The van der Waals surface area contributed by atoms with Crippen molar-refractivity contribution in [3.8, 4) is 5.75 Å². The fourth-order valence-corrected chi connectivity index (χ4v) is 5.46. The van der Waals surface area contributed by atoms with Gasteiger partial charge in [0.25, 0.3) is 0 Å². The summed E-state index contributed by atoms with van der Waals surface area (Å²) in [6.45, 7) is 2.61. The number of allylic oxidation sites excluding steroid dienone is 1. The van der Waals surface area contributed by atoms with Gasteiger partial charge in [-0.05, 0) is 66.3 Å². The summed E-state index contributed by atoms with van der Waals surface area (Å²) >= 11 is 0. The standard InChI is InChI=1S/C30H26N2O2/c1-2-34-22-12-10-20(11-13-22)30-29-24(17-21(18-27(29)33)19-7-4-3-5-8-19)28-23-9-6-16-31-25(23)14-15-26(28)32-30/h3-16,21,30,32H,2,17-18H2,1H3. The van der Waals surface area contributed by atoms with Crippen molar-refractivity contribution in [2.75, 3.05) is 11.9 Å². The van der Waals surface area contributed by atoms with Crippen LogP contribution in [-0.2, 0) is 4.79 Å². The summed E-state index contributed by atoms with van der Waals surface area (Å²) in [6, 6.07) is 26.6. The molecule has 1 aliphatic carbocycles. The number of Topliss-reactive ketones (excluding diaryl/α,β-unsaturated/α-hetero) is 1. The second-order valence-corrected chi connectivity index (χ2v) is 8.97. The van der Waals surface area contributed by atoms with E-state index in [-0.39, 0.29) is 17.7 Å². The molecule has 0 bridgehead atoms. The number of carbonyl (C=O) groups is 1. The summed E-state index contributed by atoms with van der Waals surface area (Å²) in [5.41, 5.74) is 7.45. The largest absolute Gasteiger partial charge is 0.494 e. The molecule has 2 aliphatic rings. The van der Waals surface area contributed by atoms with Gasteiger partial charge in [-0.25, -0.2) is 0 Å². The lowest BCUT2D eigenvalue weighted by atomic mass is 9.72. The highest BCUT2D eigenvalue weighted by molar-refractivity contribution is 6.12. The summed E-state index contributed by atoms with van der Waals surface area (Å²) in [4.78, 5) is 18.4. The van der Waals surface area contributed by atoms with E-state index in [9.17, 15) is 4.79 Å². The van der Waals surface area contributed by atoms with Crippen LogP contribution in [0.5, 0.6) is 5.75 Å². The Bertz CT molecular complexity index is 1410. The number of nitrogens with one attached hydrogen (secondary N) is 1. The van der Waals surface area contributed by atoms with Crippen LogP contribution in [-0.4, -0.2) is 17.4 Å². The average molecular weight is 447 g/mol. The Morgan fingerprint density at radius 1 is 0.912 bits per heavy atom. The molecule has 0 amide bonds. The second kappa shape index (κ2) is 8.45. The van der Waals surface area contributed by atoms with E-state index in [0.717, 1.165) is 51.0 Å². The van der Waals surface area contributed by atoms with Crippen LogP contribution in [0, 0.1) is 0 Å². The van der Waals surface area contributed by atoms with E-state index in [1.807, 2.05) is 37.4 Å². The summed E-state index contributed by atoms with van der Waals surface area (Å²) in [7, 11) is 0. The molecule has 2 heterocycles. The Labute approximate surface area is 199 Å². The summed E-state index contributed by atoms with van der Waals surface area (Å²) in [5, 5.41) is 4.78. The van der Waals surface area contributed by atoms with Crippen LogP contribution in [0.1, 0.15) is 48.4 Å². The van der Waals surface area contributed by atoms with Gasteiger partial charge in [0.1, 0.15) is 5.75 Å². The quantitative estimate of drug-likeness (QED) is 0.379. The zero-order valence-corrected chi connectivity index (χ0v) is 19.1. The summed E-state index contributed by atoms with van der Waals surface area (Å²) in [5.74, 6) is 1.23. The van der Waals surface area contributed by atoms with Gasteiger partial charge in [0.05, 0.1) is 18.2 Å². The van der Waals surface area contributed by atoms with E-state index >= 15 is 0 Å². The van der Waals surface area contributed by atoms with Crippen LogP contribution in [0.25, 0.3) is 16.5 Å². The van der Waals surface area contributed by atoms with Crippen molar-refractivity contribution in [3.05, 3.63) is 107 Å². The highest BCUT2D eigenvalue weighted by Crippen LogP contribution is 2.50. The number of benzene rings is 3. The van der Waals surface area contributed by atoms with E-state index in [0.29, 0.717) is 13.0 Å². The first-order chi connectivity index (χ1) is 16.7. The minimum atomic E-state index is -0.184. The molecule has 4 aromatic rings. The van der Waals surface area contributed by atoms with Crippen molar-refractivity contribution in [1.82, 2.24) is 4.98 Å². The Hall–Kier alpha value is -3.92. The zero-order chi connectivity index (χ0) is 23.1. The first-order valence-electron chi connectivity index (χ1n) is 11.9. The van der Waals surface area contributed by atoms with E-state index < -0.39 is 0 Å². The Kier molecular flexibility index (Phi) is 5.14. The third kappa shape index (κ3) is 3.47. The SMILES string of the molecule is CCOc1ccc(C2Nc3ccc4ncccc4c3C3=C2C(=O)CC(c2ccccc2)C3)cc1. The minimum absolute atomic E-state index is 0.173.